The summed E-state index contributed by atoms with van der Waals surface area (Å²) in [5, 5.41) is 0. The Balaban J connectivity index is 1.84. The molecular formula is C16H19FN2. The highest BCUT2D eigenvalue weighted by Gasteiger charge is 2.01. The van der Waals surface area contributed by atoms with E-state index in [9.17, 15) is 4.39 Å². The van der Waals surface area contributed by atoms with Crippen molar-refractivity contribution in [3.05, 3.63) is 59.9 Å². The van der Waals surface area contributed by atoms with Gasteiger partial charge in [0.25, 0.3) is 0 Å². The first-order valence-corrected chi connectivity index (χ1v) is 6.46. The van der Waals surface area contributed by atoms with Gasteiger partial charge >= 0.3 is 0 Å². The maximum Gasteiger partial charge on any atom is 0.123 e. The lowest BCUT2D eigenvalue weighted by Crippen LogP contribution is -2.18. The van der Waals surface area contributed by atoms with Crippen molar-refractivity contribution in [2.75, 3.05) is 24.2 Å². The van der Waals surface area contributed by atoms with Crippen LogP contribution in [-0.4, -0.2) is 13.6 Å². The van der Waals surface area contributed by atoms with E-state index >= 15 is 0 Å². The second-order valence-electron chi connectivity index (χ2n) is 4.75. The molecule has 19 heavy (non-hydrogen) atoms. The van der Waals surface area contributed by atoms with Crippen LogP contribution in [0.3, 0.4) is 0 Å². The molecule has 0 aliphatic heterocycles. The third kappa shape index (κ3) is 3.98. The topological polar surface area (TPSA) is 29.3 Å². The van der Waals surface area contributed by atoms with E-state index in [1.165, 1.54) is 17.7 Å². The maximum atomic E-state index is 12.8. The van der Waals surface area contributed by atoms with Crippen LogP contribution in [0, 0.1) is 5.82 Å². The highest BCUT2D eigenvalue weighted by Crippen LogP contribution is 2.14. The average Bonchev–Trinajstić information content (AvgIpc) is 2.39. The number of aryl methyl sites for hydroxylation is 1. The minimum absolute atomic E-state index is 0.197. The summed E-state index contributed by atoms with van der Waals surface area (Å²) in [6.07, 6.45) is 2.04. The van der Waals surface area contributed by atoms with E-state index in [-0.39, 0.29) is 5.82 Å². The van der Waals surface area contributed by atoms with Gasteiger partial charge < -0.3 is 10.6 Å². The Kier molecular flexibility index (Phi) is 4.39. The summed E-state index contributed by atoms with van der Waals surface area (Å²) in [7, 11) is 2.02. The number of nitrogens with two attached hydrogens (primary N) is 1. The summed E-state index contributed by atoms with van der Waals surface area (Å²) >= 11 is 0. The molecule has 2 aromatic rings. The van der Waals surface area contributed by atoms with Crippen LogP contribution >= 0.6 is 0 Å². The van der Waals surface area contributed by atoms with Gasteiger partial charge in [-0.15, -0.1) is 0 Å². The summed E-state index contributed by atoms with van der Waals surface area (Å²) in [5.74, 6) is -0.197. The number of benzene rings is 2. The molecule has 0 saturated heterocycles. The van der Waals surface area contributed by atoms with E-state index < -0.39 is 0 Å². The molecule has 3 heteroatoms. The quantitative estimate of drug-likeness (QED) is 0.832. The molecule has 0 atom stereocenters. The Morgan fingerprint density at radius 3 is 2.53 bits per heavy atom. The van der Waals surface area contributed by atoms with Gasteiger partial charge in [0.2, 0.25) is 0 Å². The second-order valence-corrected chi connectivity index (χ2v) is 4.75. The van der Waals surface area contributed by atoms with Gasteiger partial charge in [0.1, 0.15) is 5.82 Å². The summed E-state index contributed by atoms with van der Waals surface area (Å²) in [6.45, 7) is 0.931. The molecular weight excluding hydrogens is 239 g/mol. The molecule has 0 heterocycles. The Morgan fingerprint density at radius 2 is 1.84 bits per heavy atom. The fraction of sp³-hybridized carbons (Fsp3) is 0.250. The van der Waals surface area contributed by atoms with E-state index in [4.69, 9.17) is 5.73 Å². The fourth-order valence-electron chi connectivity index (χ4n) is 2.09. The third-order valence-electron chi connectivity index (χ3n) is 3.18. The number of rotatable bonds is 5. The van der Waals surface area contributed by atoms with Crippen molar-refractivity contribution < 1.29 is 4.39 Å². The Hall–Kier alpha value is -2.03. The lowest BCUT2D eigenvalue weighted by molar-refractivity contribution is 0.627. The van der Waals surface area contributed by atoms with Crippen LogP contribution in [-0.2, 0) is 6.42 Å². The van der Waals surface area contributed by atoms with Crippen molar-refractivity contribution in [1.82, 2.24) is 0 Å². The van der Waals surface area contributed by atoms with Gasteiger partial charge in [0.05, 0.1) is 0 Å². The zero-order chi connectivity index (χ0) is 13.7. The summed E-state index contributed by atoms with van der Waals surface area (Å²) in [6, 6.07) is 14.6. The molecule has 2 rings (SSSR count). The van der Waals surface area contributed by atoms with Gasteiger partial charge in [-0.05, 0) is 54.8 Å². The zero-order valence-electron chi connectivity index (χ0n) is 11.1. The van der Waals surface area contributed by atoms with Crippen LogP contribution in [0.15, 0.2) is 48.5 Å². The average molecular weight is 258 g/mol. The second kappa shape index (κ2) is 6.23. The van der Waals surface area contributed by atoms with Gasteiger partial charge in [0, 0.05) is 25.0 Å². The van der Waals surface area contributed by atoms with E-state index in [0.29, 0.717) is 0 Å². The Morgan fingerprint density at radius 1 is 1.11 bits per heavy atom. The molecule has 0 unspecified atom stereocenters. The summed E-state index contributed by atoms with van der Waals surface area (Å²) < 4.78 is 12.8. The van der Waals surface area contributed by atoms with Gasteiger partial charge in [-0.1, -0.05) is 12.1 Å². The molecule has 0 aliphatic rings. The SMILES string of the molecule is CN(CCCc1cccc(N)c1)c1ccc(F)cc1. The highest BCUT2D eigenvalue weighted by atomic mass is 19.1. The number of hydrogen-bond acceptors (Lipinski definition) is 2. The lowest BCUT2D eigenvalue weighted by atomic mass is 10.1. The minimum atomic E-state index is -0.197. The number of halogens is 1. The largest absolute Gasteiger partial charge is 0.399 e. The molecule has 0 radical (unpaired) electrons. The molecule has 0 bridgehead atoms. The highest BCUT2D eigenvalue weighted by molar-refractivity contribution is 5.45. The van der Waals surface area contributed by atoms with E-state index in [1.807, 2.05) is 25.2 Å². The van der Waals surface area contributed by atoms with Crippen LogP contribution < -0.4 is 10.6 Å². The van der Waals surface area contributed by atoms with Crippen molar-refractivity contribution in [3.63, 3.8) is 0 Å². The molecule has 0 amide bonds. The van der Waals surface area contributed by atoms with Crippen LogP contribution in [0.25, 0.3) is 0 Å². The molecule has 0 fully saturated rings. The Labute approximate surface area is 113 Å². The van der Waals surface area contributed by atoms with Crippen LogP contribution in [0.4, 0.5) is 15.8 Å². The standard InChI is InChI=1S/C16H19FN2/c1-19(16-9-7-14(17)8-10-16)11-3-5-13-4-2-6-15(18)12-13/h2,4,6-10,12H,3,5,11,18H2,1H3. The zero-order valence-corrected chi connectivity index (χ0v) is 11.1. The monoisotopic (exact) mass is 258 g/mol. The van der Waals surface area contributed by atoms with E-state index in [1.54, 1.807) is 12.1 Å². The number of hydrogen-bond donors (Lipinski definition) is 1. The normalized spacial score (nSPS) is 10.4. The number of nitrogens with zero attached hydrogens (tertiary/aromatic N) is 1. The van der Waals surface area contributed by atoms with Gasteiger partial charge in [0.15, 0.2) is 0 Å². The first kappa shape index (κ1) is 13.4. The molecule has 2 aromatic carbocycles. The van der Waals surface area contributed by atoms with Crippen LogP contribution in [0.5, 0.6) is 0 Å². The predicted molar refractivity (Wildman–Crippen MR) is 78.8 cm³/mol. The summed E-state index contributed by atoms with van der Waals surface area (Å²) in [5.41, 5.74) is 8.85. The first-order valence-electron chi connectivity index (χ1n) is 6.46. The molecule has 0 spiro atoms. The molecule has 2 nitrogen and oxygen atoms in total. The smallest absolute Gasteiger partial charge is 0.123 e. The first-order chi connectivity index (χ1) is 9.15. The van der Waals surface area contributed by atoms with E-state index in [0.717, 1.165) is 30.8 Å². The van der Waals surface area contributed by atoms with Crippen molar-refractivity contribution >= 4 is 11.4 Å². The fourth-order valence-corrected chi connectivity index (χ4v) is 2.09. The van der Waals surface area contributed by atoms with Crippen LogP contribution in [0.1, 0.15) is 12.0 Å². The lowest BCUT2D eigenvalue weighted by Gasteiger charge is -2.19. The van der Waals surface area contributed by atoms with E-state index in [2.05, 4.69) is 11.0 Å². The van der Waals surface area contributed by atoms with Gasteiger partial charge in [-0.25, -0.2) is 4.39 Å². The molecule has 0 aromatic heterocycles. The molecule has 100 valence electrons. The van der Waals surface area contributed by atoms with Crippen molar-refractivity contribution in [2.45, 2.75) is 12.8 Å². The Bertz CT molecular complexity index is 523. The molecule has 0 aliphatic carbocycles. The maximum absolute atomic E-state index is 12.8. The predicted octanol–water partition coefficient (Wildman–Crippen LogP) is 3.48. The minimum Gasteiger partial charge on any atom is -0.399 e. The number of anilines is 2. The van der Waals surface area contributed by atoms with Gasteiger partial charge in [-0.3, -0.25) is 0 Å². The molecule has 0 saturated carbocycles. The van der Waals surface area contributed by atoms with Crippen molar-refractivity contribution in [1.29, 1.82) is 0 Å². The number of nitrogen functional groups attached to an aromatic ring is 1. The van der Waals surface area contributed by atoms with Crippen molar-refractivity contribution in [3.8, 4) is 0 Å². The molecule has 2 N–H and O–H groups in total. The van der Waals surface area contributed by atoms with Gasteiger partial charge in [-0.2, -0.15) is 0 Å². The summed E-state index contributed by atoms with van der Waals surface area (Å²) in [4.78, 5) is 2.13. The van der Waals surface area contributed by atoms with Crippen molar-refractivity contribution in [2.24, 2.45) is 0 Å². The van der Waals surface area contributed by atoms with Crippen LogP contribution in [0.2, 0.25) is 0 Å². The third-order valence-corrected chi connectivity index (χ3v) is 3.18.